The fraction of sp³-hybridized carbons (Fsp3) is 0.941. The molecule has 0 radical (unpaired) electrons. The maximum Gasteiger partial charge on any atom is 0.230 e. The van der Waals surface area contributed by atoms with Gasteiger partial charge in [-0.15, -0.1) is 0 Å². The van der Waals surface area contributed by atoms with Gasteiger partial charge in [0.15, 0.2) is 10.2 Å². The van der Waals surface area contributed by atoms with Gasteiger partial charge < -0.3 is 10.1 Å². The van der Waals surface area contributed by atoms with E-state index < -0.39 is 0 Å². The molecule has 350 valence electrons. The highest BCUT2D eigenvalue weighted by Crippen LogP contribution is 2.20. The number of hydrogen-bond donors (Lipinski definition) is 1. The predicted octanol–water partition coefficient (Wildman–Crippen LogP) is 17.4. The number of hydrogen-bond acceptors (Lipinski definition) is 7. The standard InChI is InChI=1S/C51H99NO3S4/c1-4-7-10-13-16-19-22-25-26-29-32-35-38-41-51(56)55-45-48(59-50(54)47-58-43-40-37-34-31-28-24-21-18-15-12-9-6-3)44-52-49(53)46-57-42-39-36-33-30-27-23-20-17-14-11-8-5-2/h48H,4-47H2,1-3H3,(H,52,53). The number of nitrogens with one attached hydrogen (secondary N) is 1. The second-order valence-corrected chi connectivity index (χ2v) is 21.5. The largest absolute Gasteiger partial charge is 0.486 e. The summed E-state index contributed by atoms with van der Waals surface area (Å²) in [6, 6.07) is 0. The number of rotatable bonds is 49. The molecule has 0 saturated carbocycles. The summed E-state index contributed by atoms with van der Waals surface area (Å²) in [5.41, 5.74) is 0. The topological polar surface area (TPSA) is 55.4 Å². The normalized spacial score (nSPS) is 11.9. The fourth-order valence-corrected chi connectivity index (χ4v) is 10.6. The Morgan fingerprint density at radius 1 is 0.458 bits per heavy atom. The lowest BCUT2D eigenvalue weighted by molar-refractivity contribution is -0.118. The van der Waals surface area contributed by atoms with Crippen molar-refractivity contribution in [1.29, 1.82) is 0 Å². The molecule has 1 amide bonds. The maximum atomic E-state index is 13.0. The summed E-state index contributed by atoms with van der Waals surface area (Å²) in [5, 5.41) is 3.82. The Balaban J connectivity index is 4.31. The van der Waals surface area contributed by atoms with Crippen LogP contribution >= 0.6 is 47.5 Å². The molecule has 0 saturated heterocycles. The summed E-state index contributed by atoms with van der Waals surface area (Å²) in [7, 11) is 0. The molecule has 0 aliphatic rings. The molecule has 0 spiro atoms. The van der Waals surface area contributed by atoms with Gasteiger partial charge in [0, 0.05) is 13.0 Å². The molecule has 4 nitrogen and oxygen atoms in total. The van der Waals surface area contributed by atoms with E-state index in [9.17, 15) is 9.59 Å². The van der Waals surface area contributed by atoms with Gasteiger partial charge in [0.1, 0.15) is 6.61 Å². The first-order valence-electron chi connectivity index (χ1n) is 25.8. The van der Waals surface area contributed by atoms with Crippen LogP contribution in [0.1, 0.15) is 265 Å². The third-order valence-corrected chi connectivity index (χ3v) is 15.1. The number of ether oxygens (including phenoxy) is 1. The Hall–Kier alpha value is 0.0800. The molecule has 1 unspecified atom stereocenters. The highest BCUT2D eigenvalue weighted by molar-refractivity contribution is 8.16. The first kappa shape index (κ1) is 59.1. The highest BCUT2D eigenvalue weighted by atomic mass is 32.2. The van der Waals surface area contributed by atoms with Crippen molar-refractivity contribution in [2.75, 3.05) is 36.2 Å². The molecule has 8 heteroatoms. The molecule has 0 aromatic carbocycles. The highest BCUT2D eigenvalue weighted by Gasteiger charge is 2.18. The lowest BCUT2D eigenvalue weighted by Crippen LogP contribution is -2.35. The maximum absolute atomic E-state index is 13.0. The molecule has 1 N–H and O–H groups in total. The zero-order chi connectivity index (χ0) is 43.0. The van der Waals surface area contributed by atoms with Gasteiger partial charge in [-0.25, -0.2) is 0 Å². The van der Waals surface area contributed by atoms with Crippen LogP contribution in [0.2, 0.25) is 0 Å². The van der Waals surface area contributed by atoms with Gasteiger partial charge in [-0.05, 0) is 43.0 Å². The molecule has 0 aliphatic carbocycles. The van der Waals surface area contributed by atoms with E-state index in [0.717, 1.165) is 24.3 Å². The van der Waals surface area contributed by atoms with Crippen LogP contribution < -0.4 is 5.32 Å². The van der Waals surface area contributed by atoms with Crippen LogP contribution in [0.5, 0.6) is 0 Å². The molecule has 0 aliphatic heterocycles. The molecule has 0 rings (SSSR count). The van der Waals surface area contributed by atoms with Crippen LogP contribution in [-0.4, -0.2) is 57.5 Å². The Bertz CT molecular complexity index is 891. The van der Waals surface area contributed by atoms with Crippen LogP contribution in [0, 0.1) is 0 Å². The van der Waals surface area contributed by atoms with Crippen molar-refractivity contribution >= 4 is 63.6 Å². The van der Waals surface area contributed by atoms with E-state index in [0.29, 0.717) is 29.7 Å². The molecular weight excluding hydrogens is 803 g/mol. The Morgan fingerprint density at radius 2 is 0.780 bits per heavy atom. The van der Waals surface area contributed by atoms with Gasteiger partial charge in [-0.2, -0.15) is 23.5 Å². The van der Waals surface area contributed by atoms with Crippen LogP contribution in [0.4, 0.5) is 0 Å². The lowest BCUT2D eigenvalue weighted by Gasteiger charge is -2.18. The Morgan fingerprint density at radius 3 is 1.15 bits per heavy atom. The molecule has 0 heterocycles. The third kappa shape index (κ3) is 49.0. The van der Waals surface area contributed by atoms with E-state index in [2.05, 4.69) is 26.1 Å². The smallest absolute Gasteiger partial charge is 0.230 e. The molecule has 0 aromatic rings. The van der Waals surface area contributed by atoms with E-state index >= 15 is 0 Å². The quantitative estimate of drug-likeness (QED) is 0.0482. The number of thiocarbonyl (C=S) groups is 1. The summed E-state index contributed by atoms with van der Waals surface area (Å²) < 4.78 is 6.05. The van der Waals surface area contributed by atoms with E-state index in [1.165, 1.54) is 243 Å². The summed E-state index contributed by atoms with van der Waals surface area (Å²) in [6.07, 6.45) is 50.6. The van der Waals surface area contributed by atoms with Gasteiger partial charge in [-0.1, -0.05) is 251 Å². The van der Waals surface area contributed by atoms with Crippen LogP contribution in [0.25, 0.3) is 0 Å². The molecule has 0 aromatic heterocycles. The monoisotopic (exact) mass is 902 g/mol. The summed E-state index contributed by atoms with van der Waals surface area (Å²) in [4.78, 5) is 25.8. The van der Waals surface area contributed by atoms with Gasteiger partial charge >= 0.3 is 0 Å². The van der Waals surface area contributed by atoms with Crippen LogP contribution in [0.15, 0.2) is 0 Å². The summed E-state index contributed by atoms with van der Waals surface area (Å²) in [5.74, 6) is 3.14. The van der Waals surface area contributed by atoms with Gasteiger partial charge in [0.05, 0.1) is 16.8 Å². The fourth-order valence-electron chi connectivity index (χ4n) is 7.59. The van der Waals surface area contributed by atoms with Gasteiger partial charge in [0.2, 0.25) is 5.91 Å². The van der Waals surface area contributed by atoms with Crippen molar-refractivity contribution in [3.63, 3.8) is 0 Å². The van der Waals surface area contributed by atoms with Gasteiger partial charge in [0.25, 0.3) is 0 Å². The van der Waals surface area contributed by atoms with Crippen LogP contribution in [-0.2, 0) is 14.3 Å². The lowest BCUT2D eigenvalue weighted by atomic mass is 10.0. The first-order valence-corrected chi connectivity index (χ1v) is 29.4. The minimum atomic E-state index is -0.121. The number of unbranched alkanes of at least 4 members (excludes halogenated alkanes) is 34. The van der Waals surface area contributed by atoms with Crippen molar-refractivity contribution in [3.05, 3.63) is 0 Å². The van der Waals surface area contributed by atoms with E-state index in [1.54, 1.807) is 23.5 Å². The first-order chi connectivity index (χ1) is 29.0. The SMILES string of the molecule is CCCCCCCCCCCCCCCC(=S)OCC(CNC(=O)CSCCCCCCCCCCCCCC)SC(=O)CSCCCCCCCCCCCCCC. The zero-order valence-corrected chi connectivity index (χ0v) is 42.8. The predicted molar refractivity (Wildman–Crippen MR) is 275 cm³/mol. The third-order valence-electron chi connectivity index (χ3n) is 11.5. The Kier molecular flexibility index (Phi) is 50.8. The number of carbonyl (C=O) groups excluding carboxylic acids is 2. The molecular formula is C51H99NO3S4. The molecule has 0 fully saturated rings. The molecule has 0 bridgehead atoms. The summed E-state index contributed by atoms with van der Waals surface area (Å²) >= 11 is 10.4. The van der Waals surface area contributed by atoms with E-state index in [-0.39, 0.29) is 16.3 Å². The van der Waals surface area contributed by atoms with Gasteiger partial charge in [-0.3, -0.25) is 9.59 Å². The van der Waals surface area contributed by atoms with E-state index in [4.69, 9.17) is 17.0 Å². The minimum Gasteiger partial charge on any atom is -0.486 e. The average Bonchev–Trinajstić information content (AvgIpc) is 3.23. The minimum absolute atomic E-state index is 0.0582. The van der Waals surface area contributed by atoms with Crippen molar-refractivity contribution in [1.82, 2.24) is 5.32 Å². The molecule has 1 atom stereocenters. The average molecular weight is 903 g/mol. The van der Waals surface area contributed by atoms with Crippen molar-refractivity contribution < 1.29 is 14.3 Å². The zero-order valence-electron chi connectivity index (χ0n) is 39.5. The van der Waals surface area contributed by atoms with E-state index in [1.807, 2.05) is 0 Å². The Labute approximate surface area is 387 Å². The van der Waals surface area contributed by atoms with Crippen molar-refractivity contribution in [2.24, 2.45) is 0 Å². The second kappa shape index (κ2) is 50.7. The number of amides is 1. The van der Waals surface area contributed by atoms with Crippen molar-refractivity contribution in [2.45, 2.75) is 270 Å². The van der Waals surface area contributed by atoms with Crippen molar-refractivity contribution in [3.8, 4) is 0 Å². The number of carbonyl (C=O) groups is 2. The van der Waals surface area contributed by atoms with Crippen LogP contribution in [0.3, 0.4) is 0 Å². The summed E-state index contributed by atoms with van der Waals surface area (Å²) in [6.45, 7) is 7.67. The molecule has 59 heavy (non-hydrogen) atoms. The second-order valence-electron chi connectivity index (χ2n) is 17.5. The number of thioether (sulfide) groups is 3.